The van der Waals surface area contributed by atoms with E-state index in [1.54, 1.807) is 0 Å². The molecule has 0 heterocycles. The fraction of sp³-hybridized carbons (Fsp3) is 0.889. The van der Waals surface area contributed by atoms with Gasteiger partial charge >= 0.3 is 0 Å². The van der Waals surface area contributed by atoms with Crippen LogP contribution in [0.1, 0.15) is 32.6 Å². The average Bonchev–Trinajstić information content (AvgIpc) is 2.54. The summed E-state index contributed by atoms with van der Waals surface area (Å²) in [5, 5.41) is 21.0. The molecule has 1 N–H and O–H groups in total. The van der Waals surface area contributed by atoms with Crippen LogP contribution in [0.25, 0.3) is 0 Å². The lowest BCUT2D eigenvalue weighted by molar-refractivity contribution is -0.592. The van der Waals surface area contributed by atoms with Crippen LogP contribution in [0.4, 0.5) is 0 Å². The molecule has 0 aromatic rings. The number of nitro groups is 1. The maximum atomic E-state index is 11.5. The maximum absolute atomic E-state index is 11.5. The van der Waals surface area contributed by atoms with Crippen molar-refractivity contribution in [3.05, 3.63) is 10.1 Å². The predicted octanol–water partition coefficient (Wildman–Crippen LogP) is 0.526. The summed E-state index contributed by atoms with van der Waals surface area (Å²) < 4.78 is 0. The normalized spacial score (nSPS) is 46.7. The second-order valence-electron chi connectivity index (χ2n) is 4.47. The van der Waals surface area contributed by atoms with Crippen LogP contribution in [0.3, 0.4) is 0 Å². The molecule has 78 valence electrons. The molecule has 0 saturated heterocycles. The lowest BCUT2D eigenvalue weighted by atomic mass is 9.80. The monoisotopic (exact) mass is 199 g/mol. The second kappa shape index (κ2) is 2.53. The van der Waals surface area contributed by atoms with Crippen molar-refractivity contribution < 1.29 is 14.8 Å². The maximum Gasteiger partial charge on any atom is 0.260 e. The van der Waals surface area contributed by atoms with Crippen molar-refractivity contribution in [1.29, 1.82) is 0 Å². The third-order valence-corrected chi connectivity index (χ3v) is 3.93. The van der Waals surface area contributed by atoms with Gasteiger partial charge in [-0.25, -0.2) is 0 Å². The van der Waals surface area contributed by atoms with E-state index >= 15 is 0 Å². The summed E-state index contributed by atoms with van der Waals surface area (Å²) in [6.45, 7) is 1.30. The highest BCUT2D eigenvalue weighted by Gasteiger charge is 2.72. The van der Waals surface area contributed by atoms with Gasteiger partial charge in [-0.15, -0.1) is 0 Å². The van der Waals surface area contributed by atoms with Crippen LogP contribution < -0.4 is 0 Å². The summed E-state index contributed by atoms with van der Waals surface area (Å²) in [5.41, 5.74) is -3.16. The SMILES string of the molecule is C[C@@]1(O)C(=O)C[C@@H]2CCC[C@@]21[N+](=O)[O-]. The van der Waals surface area contributed by atoms with Gasteiger partial charge in [-0.1, -0.05) is 0 Å². The number of aliphatic hydroxyl groups is 1. The zero-order chi connectivity index (χ0) is 10.6. The molecule has 5 nitrogen and oxygen atoms in total. The van der Waals surface area contributed by atoms with E-state index in [1.807, 2.05) is 0 Å². The highest BCUT2D eigenvalue weighted by molar-refractivity contribution is 5.91. The number of ketones is 1. The van der Waals surface area contributed by atoms with E-state index < -0.39 is 16.1 Å². The second-order valence-corrected chi connectivity index (χ2v) is 4.47. The van der Waals surface area contributed by atoms with Gasteiger partial charge in [0, 0.05) is 23.7 Å². The van der Waals surface area contributed by atoms with Crippen LogP contribution in [-0.2, 0) is 4.79 Å². The quantitative estimate of drug-likeness (QED) is 0.493. The van der Waals surface area contributed by atoms with Gasteiger partial charge in [0.1, 0.15) is 0 Å². The van der Waals surface area contributed by atoms with Crippen LogP contribution in [0.15, 0.2) is 0 Å². The molecule has 2 aliphatic rings. The Morgan fingerprint density at radius 2 is 2.29 bits per heavy atom. The van der Waals surface area contributed by atoms with Crippen molar-refractivity contribution >= 4 is 5.78 Å². The number of hydrogen-bond donors (Lipinski definition) is 1. The summed E-state index contributed by atoms with van der Waals surface area (Å²) in [7, 11) is 0. The predicted molar refractivity (Wildman–Crippen MR) is 47.3 cm³/mol. The summed E-state index contributed by atoms with van der Waals surface area (Å²) in [6.07, 6.45) is 1.90. The third kappa shape index (κ3) is 0.809. The van der Waals surface area contributed by atoms with Gasteiger partial charge in [0.25, 0.3) is 5.54 Å². The molecule has 0 aromatic heterocycles. The number of carbonyl (C=O) groups is 1. The molecule has 3 atom stereocenters. The molecule has 0 spiro atoms. The molecule has 0 radical (unpaired) electrons. The van der Waals surface area contributed by atoms with Crippen molar-refractivity contribution in [3.63, 3.8) is 0 Å². The van der Waals surface area contributed by atoms with Crippen LogP contribution in [0, 0.1) is 16.0 Å². The lowest BCUT2D eigenvalue weighted by Gasteiger charge is -2.29. The molecule has 5 heteroatoms. The van der Waals surface area contributed by atoms with E-state index in [4.69, 9.17) is 0 Å². The van der Waals surface area contributed by atoms with E-state index in [0.717, 1.165) is 6.42 Å². The first-order chi connectivity index (χ1) is 6.43. The van der Waals surface area contributed by atoms with Crippen molar-refractivity contribution in [2.75, 3.05) is 0 Å². The Balaban J connectivity index is 2.52. The molecule has 2 rings (SSSR count). The van der Waals surface area contributed by atoms with Crippen molar-refractivity contribution in [1.82, 2.24) is 0 Å². The molecule has 0 aliphatic heterocycles. The molecular formula is C9H13NO4. The average molecular weight is 199 g/mol. The molecule has 2 fully saturated rings. The van der Waals surface area contributed by atoms with Crippen molar-refractivity contribution in [2.45, 2.75) is 43.7 Å². The van der Waals surface area contributed by atoms with Crippen LogP contribution in [0.2, 0.25) is 0 Å². The first-order valence-electron chi connectivity index (χ1n) is 4.83. The van der Waals surface area contributed by atoms with E-state index in [-0.39, 0.29) is 18.1 Å². The smallest absolute Gasteiger partial charge is 0.260 e. The molecule has 14 heavy (non-hydrogen) atoms. The number of carbonyl (C=O) groups excluding carboxylic acids is 1. The van der Waals surface area contributed by atoms with Gasteiger partial charge in [0.05, 0.1) is 0 Å². The van der Waals surface area contributed by atoms with Crippen LogP contribution in [-0.4, -0.2) is 27.0 Å². The summed E-state index contributed by atoms with van der Waals surface area (Å²) in [5.74, 6) is -0.640. The standard InChI is InChI=1S/C9H13NO4/c1-8(12)7(11)5-6-3-2-4-9(6,8)10(13)14/h6,12H,2-5H2,1H3/t6-,8+,9+/m0/s1. The number of nitrogens with zero attached hydrogens (tertiary/aromatic N) is 1. The fourth-order valence-electron chi connectivity index (χ4n) is 3.05. The first-order valence-corrected chi connectivity index (χ1v) is 4.83. The third-order valence-electron chi connectivity index (χ3n) is 3.93. The Morgan fingerprint density at radius 3 is 2.79 bits per heavy atom. The van der Waals surface area contributed by atoms with Crippen LogP contribution in [0.5, 0.6) is 0 Å². The van der Waals surface area contributed by atoms with E-state index in [0.29, 0.717) is 12.8 Å². The first kappa shape index (κ1) is 9.58. The molecule has 0 aromatic carbocycles. The Bertz CT molecular complexity index is 312. The topological polar surface area (TPSA) is 80.4 Å². The minimum absolute atomic E-state index is 0.161. The zero-order valence-corrected chi connectivity index (χ0v) is 8.02. The molecular weight excluding hydrogens is 186 g/mol. The van der Waals surface area contributed by atoms with Gasteiger partial charge in [-0.05, 0) is 19.8 Å². The number of rotatable bonds is 1. The molecule has 0 bridgehead atoms. The van der Waals surface area contributed by atoms with Gasteiger partial charge in [0.15, 0.2) is 11.4 Å². The Morgan fingerprint density at radius 1 is 1.64 bits per heavy atom. The Kier molecular flexibility index (Phi) is 1.73. The van der Waals surface area contributed by atoms with E-state index in [2.05, 4.69) is 0 Å². The molecule has 0 amide bonds. The highest BCUT2D eigenvalue weighted by atomic mass is 16.6. The summed E-state index contributed by atoms with van der Waals surface area (Å²) >= 11 is 0. The Hall–Kier alpha value is -0.970. The van der Waals surface area contributed by atoms with Crippen LogP contribution >= 0.6 is 0 Å². The van der Waals surface area contributed by atoms with E-state index in [1.165, 1.54) is 6.92 Å². The molecule has 2 aliphatic carbocycles. The number of hydrogen-bond acceptors (Lipinski definition) is 4. The summed E-state index contributed by atoms with van der Waals surface area (Å²) in [6, 6.07) is 0. The van der Waals surface area contributed by atoms with Gasteiger partial charge < -0.3 is 5.11 Å². The minimum atomic E-state index is -1.77. The lowest BCUT2D eigenvalue weighted by Crippen LogP contribution is -2.57. The van der Waals surface area contributed by atoms with Crippen molar-refractivity contribution in [3.8, 4) is 0 Å². The number of Topliss-reactive ketones (excluding diaryl/α,β-unsaturated/α-hetero) is 1. The van der Waals surface area contributed by atoms with Gasteiger partial charge in [-0.3, -0.25) is 14.9 Å². The number of fused-ring (bicyclic) bond motifs is 1. The van der Waals surface area contributed by atoms with E-state index in [9.17, 15) is 20.0 Å². The largest absolute Gasteiger partial charge is 0.376 e. The minimum Gasteiger partial charge on any atom is -0.376 e. The zero-order valence-electron chi connectivity index (χ0n) is 8.02. The molecule has 0 unspecified atom stereocenters. The Labute approximate surface area is 81.3 Å². The highest BCUT2D eigenvalue weighted by Crippen LogP contribution is 2.52. The van der Waals surface area contributed by atoms with Crippen molar-refractivity contribution in [2.24, 2.45) is 5.92 Å². The van der Waals surface area contributed by atoms with Gasteiger partial charge in [0.2, 0.25) is 0 Å². The fourth-order valence-corrected chi connectivity index (χ4v) is 3.05. The van der Waals surface area contributed by atoms with Gasteiger partial charge in [-0.2, -0.15) is 0 Å². The molecule has 2 saturated carbocycles. The summed E-state index contributed by atoms with van der Waals surface area (Å²) in [4.78, 5) is 22.1.